The lowest BCUT2D eigenvalue weighted by atomic mass is 10.1. The molecule has 94 valence electrons. The molecular formula is C15H16BrNO. The Morgan fingerprint density at radius 3 is 2.50 bits per heavy atom. The highest BCUT2D eigenvalue weighted by Gasteiger charge is 2.05. The third-order valence-electron chi connectivity index (χ3n) is 2.52. The highest BCUT2D eigenvalue weighted by Crippen LogP contribution is 2.30. The van der Waals surface area contributed by atoms with Crippen LogP contribution in [-0.4, -0.2) is 6.04 Å². The van der Waals surface area contributed by atoms with Crippen molar-refractivity contribution in [3.8, 4) is 11.5 Å². The zero-order valence-electron chi connectivity index (χ0n) is 10.3. The third kappa shape index (κ3) is 3.59. The van der Waals surface area contributed by atoms with Crippen LogP contribution in [0.1, 0.15) is 12.5 Å². The van der Waals surface area contributed by atoms with Crippen LogP contribution in [-0.2, 0) is 6.42 Å². The highest BCUT2D eigenvalue weighted by molar-refractivity contribution is 9.10. The minimum Gasteiger partial charge on any atom is -0.456 e. The summed E-state index contributed by atoms with van der Waals surface area (Å²) in [7, 11) is 0. The summed E-state index contributed by atoms with van der Waals surface area (Å²) in [6.07, 6.45) is 0.865. The molecule has 2 N–H and O–H groups in total. The van der Waals surface area contributed by atoms with Crippen LogP contribution in [0.3, 0.4) is 0 Å². The summed E-state index contributed by atoms with van der Waals surface area (Å²) in [5.74, 6) is 1.65. The van der Waals surface area contributed by atoms with Gasteiger partial charge in [-0.15, -0.1) is 0 Å². The van der Waals surface area contributed by atoms with Gasteiger partial charge in [-0.3, -0.25) is 0 Å². The molecule has 0 radical (unpaired) electrons. The fourth-order valence-electron chi connectivity index (χ4n) is 1.74. The molecule has 18 heavy (non-hydrogen) atoms. The second kappa shape index (κ2) is 6.03. The molecule has 0 saturated carbocycles. The molecule has 0 amide bonds. The summed E-state index contributed by atoms with van der Waals surface area (Å²) < 4.78 is 6.74. The van der Waals surface area contributed by atoms with Crippen LogP contribution < -0.4 is 10.5 Å². The molecule has 0 fully saturated rings. The number of para-hydroxylation sites is 1. The molecule has 2 aromatic rings. The van der Waals surface area contributed by atoms with Crippen molar-refractivity contribution in [2.24, 2.45) is 5.73 Å². The number of benzene rings is 2. The van der Waals surface area contributed by atoms with Gasteiger partial charge in [0.2, 0.25) is 0 Å². The molecule has 0 aliphatic carbocycles. The van der Waals surface area contributed by atoms with Gasteiger partial charge in [0, 0.05) is 6.04 Å². The predicted octanol–water partition coefficient (Wildman–Crippen LogP) is 4.13. The molecule has 1 unspecified atom stereocenters. The van der Waals surface area contributed by atoms with Crippen molar-refractivity contribution in [1.29, 1.82) is 0 Å². The Bertz CT molecular complexity index is 511. The SMILES string of the molecule is CC(N)Cc1ccc(Oc2ccccc2)c(Br)c1. The first-order chi connectivity index (χ1) is 8.65. The van der Waals surface area contributed by atoms with Gasteiger partial charge in [-0.2, -0.15) is 0 Å². The van der Waals surface area contributed by atoms with Crippen molar-refractivity contribution < 1.29 is 4.74 Å². The lowest BCUT2D eigenvalue weighted by Gasteiger charge is -2.10. The van der Waals surface area contributed by atoms with E-state index >= 15 is 0 Å². The molecule has 0 heterocycles. The first-order valence-corrected chi connectivity index (χ1v) is 6.71. The zero-order valence-corrected chi connectivity index (χ0v) is 11.9. The molecule has 0 aliphatic rings. The quantitative estimate of drug-likeness (QED) is 0.921. The number of halogens is 1. The first kappa shape index (κ1) is 13.1. The van der Waals surface area contributed by atoms with Gasteiger partial charge in [-0.1, -0.05) is 24.3 Å². The van der Waals surface area contributed by atoms with Gasteiger partial charge in [0.15, 0.2) is 0 Å². The Balaban J connectivity index is 2.15. The lowest BCUT2D eigenvalue weighted by molar-refractivity contribution is 0.479. The van der Waals surface area contributed by atoms with Crippen LogP contribution in [0, 0.1) is 0 Å². The summed E-state index contributed by atoms with van der Waals surface area (Å²) in [6, 6.07) is 16.0. The van der Waals surface area contributed by atoms with Gasteiger partial charge in [0.05, 0.1) is 4.47 Å². The van der Waals surface area contributed by atoms with Gasteiger partial charge in [0.1, 0.15) is 11.5 Å². The van der Waals surface area contributed by atoms with Crippen molar-refractivity contribution in [2.75, 3.05) is 0 Å². The summed E-state index contributed by atoms with van der Waals surface area (Å²) in [5, 5.41) is 0. The number of hydrogen-bond donors (Lipinski definition) is 1. The molecular weight excluding hydrogens is 290 g/mol. The van der Waals surface area contributed by atoms with Crippen molar-refractivity contribution in [3.05, 3.63) is 58.6 Å². The monoisotopic (exact) mass is 305 g/mol. The molecule has 1 atom stereocenters. The average Bonchev–Trinajstić information content (AvgIpc) is 2.33. The fourth-order valence-corrected chi connectivity index (χ4v) is 2.25. The fraction of sp³-hybridized carbons (Fsp3) is 0.200. The largest absolute Gasteiger partial charge is 0.456 e. The topological polar surface area (TPSA) is 35.2 Å². The summed E-state index contributed by atoms with van der Waals surface area (Å²) >= 11 is 3.53. The Kier molecular flexibility index (Phi) is 4.39. The van der Waals surface area contributed by atoms with Crippen molar-refractivity contribution in [1.82, 2.24) is 0 Å². The van der Waals surface area contributed by atoms with Gasteiger partial charge >= 0.3 is 0 Å². The number of rotatable bonds is 4. The van der Waals surface area contributed by atoms with Gasteiger partial charge in [0.25, 0.3) is 0 Å². The maximum Gasteiger partial charge on any atom is 0.141 e. The van der Waals surface area contributed by atoms with E-state index in [1.54, 1.807) is 0 Å². The van der Waals surface area contributed by atoms with Gasteiger partial charge in [-0.25, -0.2) is 0 Å². The molecule has 0 aliphatic heterocycles. The molecule has 0 bridgehead atoms. The number of hydrogen-bond acceptors (Lipinski definition) is 2. The third-order valence-corrected chi connectivity index (χ3v) is 3.14. The van der Waals surface area contributed by atoms with Crippen molar-refractivity contribution in [3.63, 3.8) is 0 Å². The Labute approximate surface area is 116 Å². The summed E-state index contributed by atoms with van der Waals surface area (Å²) in [4.78, 5) is 0. The zero-order chi connectivity index (χ0) is 13.0. The van der Waals surface area contributed by atoms with Crippen LogP contribution >= 0.6 is 15.9 Å². The van der Waals surface area contributed by atoms with Crippen molar-refractivity contribution >= 4 is 15.9 Å². The van der Waals surface area contributed by atoms with E-state index in [1.807, 2.05) is 49.4 Å². The average molecular weight is 306 g/mol. The van der Waals surface area contributed by atoms with Crippen molar-refractivity contribution in [2.45, 2.75) is 19.4 Å². The Morgan fingerprint density at radius 2 is 1.89 bits per heavy atom. The minimum absolute atomic E-state index is 0.165. The molecule has 3 heteroatoms. The van der Waals surface area contributed by atoms with E-state index in [2.05, 4.69) is 22.0 Å². The van der Waals surface area contributed by atoms with Gasteiger partial charge in [-0.05, 0) is 59.1 Å². The van der Waals surface area contributed by atoms with E-state index in [9.17, 15) is 0 Å². The first-order valence-electron chi connectivity index (χ1n) is 5.92. The molecule has 0 spiro atoms. The normalized spacial score (nSPS) is 12.2. The van der Waals surface area contributed by atoms with Crippen LogP contribution in [0.4, 0.5) is 0 Å². The van der Waals surface area contributed by atoms with Gasteiger partial charge < -0.3 is 10.5 Å². The standard InChI is InChI=1S/C15H16BrNO/c1-11(17)9-12-7-8-15(14(16)10-12)18-13-5-3-2-4-6-13/h2-8,10-11H,9,17H2,1H3. The Morgan fingerprint density at radius 1 is 1.17 bits per heavy atom. The van der Waals surface area contributed by atoms with Crippen LogP contribution in [0.25, 0.3) is 0 Å². The number of ether oxygens (including phenoxy) is 1. The predicted molar refractivity (Wildman–Crippen MR) is 78.0 cm³/mol. The maximum absolute atomic E-state index is 5.79. The van der Waals surface area contributed by atoms with E-state index in [-0.39, 0.29) is 6.04 Å². The minimum atomic E-state index is 0.165. The molecule has 2 nitrogen and oxygen atoms in total. The smallest absolute Gasteiger partial charge is 0.141 e. The second-order valence-electron chi connectivity index (χ2n) is 4.36. The molecule has 0 aromatic heterocycles. The Hall–Kier alpha value is -1.32. The van der Waals surface area contributed by atoms with E-state index in [0.29, 0.717) is 0 Å². The summed E-state index contributed by atoms with van der Waals surface area (Å²) in [5.41, 5.74) is 7.00. The van der Waals surface area contributed by atoms with Crippen LogP contribution in [0.2, 0.25) is 0 Å². The molecule has 2 aromatic carbocycles. The van der Waals surface area contributed by atoms with E-state index in [1.165, 1.54) is 5.56 Å². The highest BCUT2D eigenvalue weighted by atomic mass is 79.9. The van der Waals surface area contributed by atoms with E-state index in [0.717, 1.165) is 22.4 Å². The second-order valence-corrected chi connectivity index (χ2v) is 5.22. The molecule has 0 saturated heterocycles. The van der Waals surface area contributed by atoms with E-state index in [4.69, 9.17) is 10.5 Å². The summed E-state index contributed by atoms with van der Waals surface area (Å²) in [6.45, 7) is 2.00. The van der Waals surface area contributed by atoms with E-state index < -0.39 is 0 Å². The molecule has 2 rings (SSSR count). The maximum atomic E-state index is 5.79. The van der Waals surface area contributed by atoms with Crippen LogP contribution in [0.5, 0.6) is 11.5 Å². The lowest BCUT2D eigenvalue weighted by Crippen LogP contribution is -2.17. The van der Waals surface area contributed by atoms with Crippen LogP contribution in [0.15, 0.2) is 53.0 Å². The number of nitrogens with two attached hydrogens (primary N) is 1.